The minimum absolute atomic E-state index is 0.0480. The molecule has 26 heavy (non-hydrogen) atoms. The Labute approximate surface area is 153 Å². The van der Waals surface area contributed by atoms with Crippen LogP contribution in [0.1, 0.15) is 12.5 Å². The molecule has 0 radical (unpaired) electrons. The first-order valence-corrected chi connectivity index (χ1v) is 8.02. The largest absolute Gasteiger partial charge is 0.452 e. The number of anilines is 1. The van der Waals surface area contributed by atoms with Crippen LogP contribution in [0, 0.1) is 0 Å². The zero-order valence-corrected chi connectivity index (χ0v) is 14.5. The first-order valence-electron chi connectivity index (χ1n) is 7.64. The van der Waals surface area contributed by atoms with Gasteiger partial charge in [-0.05, 0) is 30.7 Å². The maximum absolute atomic E-state index is 12.4. The number of alkyl halides is 2. The number of carbonyl (C=O) groups excluding carboxylic acids is 2. The molecule has 0 heterocycles. The Kier molecular flexibility index (Phi) is 6.91. The van der Waals surface area contributed by atoms with Crippen molar-refractivity contribution in [1.82, 2.24) is 0 Å². The van der Waals surface area contributed by atoms with E-state index in [-0.39, 0.29) is 17.9 Å². The van der Waals surface area contributed by atoms with E-state index in [1.165, 1.54) is 25.1 Å². The SMILES string of the molecule is CC(OC(=O)Cc1ccccc1Cl)C(=O)Nc1ccccc1OC(F)F. The predicted molar refractivity (Wildman–Crippen MR) is 92.4 cm³/mol. The van der Waals surface area contributed by atoms with Gasteiger partial charge >= 0.3 is 12.6 Å². The highest BCUT2D eigenvalue weighted by Gasteiger charge is 2.20. The molecule has 138 valence electrons. The average Bonchev–Trinajstić information content (AvgIpc) is 2.58. The molecule has 2 rings (SSSR count). The Morgan fingerprint density at radius 3 is 2.46 bits per heavy atom. The molecule has 2 aromatic rings. The van der Waals surface area contributed by atoms with Gasteiger partial charge in [-0.15, -0.1) is 0 Å². The van der Waals surface area contributed by atoms with E-state index in [9.17, 15) is 18.4 Å². The lowest BCUT2D eigenvalue weighted by molar-refractivity contribution is -0.152. The molecule has 2 aromatic carbocycles. The molecule has 0 aliphatic rings. The highest BCUT2D eigenvalue weighted by molar-refractivity contribution is 6.31. The molecule has 1 amide bonds. The zero-order chi connectivity index (χ0) is 19.1. The number of amides is 1. The standard InChI is InChI=1S/C18H16ClF2NO4/c1-11(25-16(23)10-12-6-2-3-7-13(12)19)17(24)22-14-8-4-5-9-15(14)26-18(20)21/h2-9,11,18H,10H2,1H3,(H,22,24). The van der Waals surface area contributed by atoms with Crippen LogP contribution in [-0.2, 0) is 20.7 Å². The maximum Gasteiger partial charge on any atom is 0.387 e. The molecule has 1 atom stereocenters. The second-order valence-corrected chi connectivity index (χ2v) is 5.67. The second kappa shape index (κ2) is 9.15. The lowest BCUT2D eigenvalue weighted by atomic mass is 10.1. The van der Waals surface area contributed by atoms with Crippen molar-refractivity contribution in [1.29, 1.82) is 0 Å². The predicted octanol–water partition coefficient (Wildman–Crippen LogP) is 4.05. The van der Waals surface area contributed by atoms with Crippen LogP contribution in [0.25, 0.3) is 0 Å². The highest BCUT2D eigenvalue weighted by Crippen LogP contribution is 2.25. The number of hydrogen-bond acceptors (Lipinski definition) is 4. The number of para-hydroxylation sites is 2. The molecule has 0 spiro atoms. The van der Waals surface area contributed by atoms with E-state index in [2.05, 4.69) is 10.1 Å². The molecular formula is C18H16ClF2NO4. The number of ether oxygens (including phenoxy) is 2. The third kappa shape index (κ3) is 5.70. The van der Waals surface area contributed by atoms with E-state index in [4.69, 9.17) is 16.3 Å². The van der Waals surface area contributed by atoms with Crippen molar-refractivity contribution in [3.05, 3.63) is 59.1 Å². The van der Waals surface area contributed by atoms with Gasteiger partial charge < -0.3 is 14.8 Å². The van der Waals surface area contributed by atoms with Gasteiger partial charge in [-0.1, -0.05) is 41.9 Å². The van der Waals surface area contributed by atoms with Crippen molar-refractivity contribution in [3.8, 4) is 5.75 Å². The van der Waals surface area contributed by atoms with Gasteiger partial charge in [0.1, 0.15) is 5.75 Å². The maximum atomic E-state index is 12.4. The monoisotopic (exact) mass is 383 g/mol. The molecule has 0 aromatic heterocycles. The van der Waals surface area contributed by atoms with Crippen molar-refractivity contribution in [2.45, 2.75) is 26.1 Å². The molecule has 0 aliphatic heterocycles. The van der Waals surface area contributed by atoms with E-state index in [0.717, 1.165) is 0 Å². The number of rotatable bonds is 7. The Bertz CT molecular complexity index is 785. The summed E-state index contributed by atoms with van der Waals surface area (Å²) in [5, 5.41) is 2.81. The van der Waals surface area contributed by atoms with Gasteiger partial charge in [-0.2, -0.15) is 8.78 Å². The third-order valence-electron chi connectivity index (χ3n) is 3.33. The van der Waals surface area contributed by atoms with Crippen LogP contribution >= 0.6 is 11.6 Å². The molecule has 0 saturated heterocycles. The molecule has 0 saturated carbocycles. The summed E-state index contributed by atoms with van der Waals surface area (Å²) in [5.74, 6) is -1.51. The second-order valence-electron chi connectivity index (χ2n) is 5.26. The van der Waals surface area contributed by atoms with Crippen LogP contribution in [0.15, 0.2) is 48.5 Å². The highest BCUT2D eigenvalue weighted by atomic mass is 35.5. The number of benzene rings is 2. The summed E-state index contributed by atoms with van der Waals surface area (Å²) in [5.41, 5.74) is 0.620. The fraction of sp³-hybridized carbons (Fsp3) is 0.222. The summed E-state index contributed by atoms with van der Waals surface area (Å²) >= 11 is 5.97. The summed E-state index contributed by atoms with van der Waals surface area (Å²) < 4.78 is 34.2. The Morgan fingerprint density at radius 1 is 1.12 bits per heavy atom. The van der Waals surface area contributed by atoms with Crippen molar-refractivity contribution < 1.29 is 27.8 Å². The number of hydrogen-bond donors (Lipinski definition) is 1. The smallest absolute Gasteiger partial charge is 0.387 e. The van der Waals surface area contributed by atoms with Gasteiger partial charge in [0, 0.05) is 5.02 Å². The molecule has 8 heteroatoms. The Balaban J connectivity index is 1.95. The van der Waals surface area contributed by atoms with Crippen molar-refractivity contribution >= 4 is 29.2 Å². The minimum atomic E-state index is -3.03. The van der Waals surface area contributed by atoms with Crippen molar-refractivity contribution in [2.24, 2.45) is 0 Å². The molecule has 0 bridgehead atoms. The van der Waals surface area contributed by atoms with Crippen molar-refractivity contribution in [3.63, 3.8) is 0 Å². The number of nitrogens with one attached hydrogen (secondary N) is 1. The summed E-state index contributed by atoms with van der Waals surface area (Å²) in [4.78, 5) is 24.1. The molecule has 0 fully saturated rings. The third-order valence-corrected chi connectivity index (χ3v) is 3.70. The lowest BCUT2D eigenvalue weighted by Crippen LogP contribution is -2.30. The van der Waals surface area contributed by atoms with E-state index in [1.807, 2.05) is 0 Å². The number of halogens is 3. The van der Waals surface area contributed by atoms with Gasteiger partial charge in [0.15, 0.2) is 6.10 Å². The first kappa shape index (κ1) is 19.7. The molecule has 1 unspecified atom stereocenters. The van der Waals surface area contributed by atoms with Crippen LogP contribution in [-0.4, -0.2) is 24.6 Å². The Morgan fingerprint density at radius 2 is 1.77 bits per heavy atom. The van der Waals surface area contributed by atoms with Gasteiger partial charge in [-0.3, -0.25) is 9.59 Å². The van der Waals surface area contributed by atoms with Crippen LogP contribution < -0.4 is 10.1 Å². The minimum Gasteiger partial charge on any atom is -0.452 e. The number of carbonyl (C=O) groups is 2. The van der Waals surface area contributed by atoms with Gasteiger partial charge in [0.25, 0.3) is 5.91 Å². The van der Waals surface area contributed by atoms with Crippen LogP contribution in [0.3, 0.4) is 0 Å². The van der Waals surface area contributed by atoms with Crippen LogP contribution in [0.2, 0.25) is 5.02 Å². The Hall–Kier alpha value is -2.67. The van der Waals surface area contributed by atoms with E-state index >= 15 is 0 Å². The molecular weight excluding hydrogens is 368 g/mol. The van der Waals surface area contributed by atoms with Crippen LogP contribution in [0.5, 0.6) is 5.75 Å². The van der Waals surface area contributed by atoms with E-state index in [0.29, 0.717) is 10.6 Å². The summed E-state index contributed by atoms with van der Waals surface area (Å²) in [6.45, 7) is -1.66. The topological polar surface area (TPSA) is 64.6 Å². The molecule has 0 aliphatic carbocycles. The van der Waals surface area contributed by atoms with Gasteiger partial charge in [0.05, 0.1) is 12.1 Å². The molecule has 5 nitrogen and oxygen atoms in total. The van der Waals surface area contributed by atoms with Crippen LogP contribution in [0.4, 0.5) is 14.5 Å². The lowest BCUT2D eigenvalue weighted by Gasteiger charge is -2.16. The van der Waals surface area contributed by atoms with Gasteiger partial charge in [0.2, 0.25) is 0 Å². The van der Waals surface area contributed by atoms with Gasteiger partial charge in [-0.25, -0.2) is 0 Å². The summed E-state index contributed by atoms with van der Waals surface area (Å²) in [6.07, 6.45) is -1.23. The summed E-state index contributed by atoms with van der Waals surface area (Å²) in [6, 6.07) is 12.5. The normalized spacial score (nSPS) is 11.7. The molecule has 1 N–H and O–H groups in total. The van der Waals surface area contributed by atoms with E-state index in [1.54, 1.807) is 30.3 Å². The van der Waals surface area contributed by atoms with E-state index < -0.39 is 24.6 Å². The summed E-state index contributed by atoms with van der Waals surface area (Å²) in [7, 11) is 0. The average molecular weight is 384 g/mol. The first-order chi connectivity index (χ1) is 12.4. The number of esters is 1. The van der Waals surface area contributed by atoms with Crippen molar-refractivity contribution in [2.75, 3.05) is 5.32 Å². The quantitative estimate of drug-likeness (QED) is 0.732. The fourth-order valence-electron chi connectivity index (χ4n) is 2.09. The fourth-order valence-corrected chi connectivity index (χ4v) is 2.30. The zero-order valence-electron chi connectivity index (χ0n) is 13.7.